The van der Waals surface area contributed by atoms with E-state index in [1.165, 1.54) is 25.9 Å². The molecule has 0 aliphatic carbocycles. The zero-order chi connectivity index (χ0) is 13.7. The minimum absolute atomic E-state index is 0.377. The van der Waals surface area contributed by atoms with Crippen LogP contribution in [0.1, 0.15) is 12.8 Å². The molecule has 7 heteroatoms. The molecule has 0 spiro atoms. The van der Waals surface area contributed by atoms with E-state index in [4.69, 9.17) is 4.74 Å². The second kappa shape index (κ2) is 6.51. The maximum atomic E-state index is 5.63. The zero-order valence-corrected chi connectivity index (χ0v) is 11.9. The van der Waals surface area contributed by atoms with Crippen molar-refractivity contribution in [1.82, 2.24) is 19.9 Å². The summed E-state index contributed by atoms with van der Waals surface area (Å²) in [6.45, 7) is 3.88. The van der Waals surface area contributed by atoms with Crippen molar-refractivity contribution in [3.63, 3.8) is 0 Å². The predicted octanol–water partition coefficient (Wildman–Crippen LogP) is 0.454. The Morgan fingerprint density at radius 3 is 2.58 bits per heavy atom. The van der Waals surface area contributed by atoms with Gasteiger partial charge >= 0.3 is 6.01 Å². The molecule has 0 aromatic carbocycles. The Kier molecular flexibility index (Phi) is 4.73. The van der Waals surface area contributed by atoms with E-state index in [1.54, 1.807) is 7.05 Å². The van der Waals surface area contributed by atoms with Crippen LogP contribution in [-0.4, -0.2) is 67.2 Å². The molecule has 1 fully saturated rings. The van der Waals surface area contributed by atoms with Gasteiger partial charge in [-0.3, -0.25) is 4.90 Å². The van der Waals surface area contributed by atoms with E-state index >= 15 is 0 Å². The Morgan fingerprint density at radius 2 is 1.95 bits per heavy atom. The Bertz CT molecular complexity index is 405. The SMILES string of the molecule is CNc1nc(OCCN2CCCC2)nc(N(C)C)n1. The predicted molar refractivity (Wildman–Crippen MR) is 74.9 cm³/mol. The van der Waals surface area contributed by atoms with Crippen molar-refractivity contribution in [2.75, 3.05) is 57.6 Å². The van der Waals surface area contributed by atoms with Crippen molar-refractivity contribution >= 4 is 11.9 Å². The van der Waals surface area contributed by atoms with E-state index in [0.717, 1.165) is 6.54 Å². The molecular weight excluding hydrogens is 244 g/mol. The van der Waals surface area contributed by atoms with Gasteiger partial charge in [-0.1, -0.05) is 0 Å². The number of hydrogen-bond donors (Lipinski definition) is 1. The van der Waals surface area contributed by atoms with Gasteiger partial charge in [0.25, 0.3) is 0 Å². The van der Waals surface area contributed by atoms with Crippen LogP contribution >= 0.6 is 0 Å². The van der Waals surface area contributed by atoms with Crippen molar-refractivity contribution in [2.24, 2.45) is 0 Å². The van der Waals surface area contributed by atoms with Crippen molar-refractivity contribution < 1.29 is 4.74 Å². The smallest absolute Gasteiger partial charge is 0.323 e. The highest BCUT2D eigenvalue weighted by molar-refractivity contribution is 5.36. The van der Waals surface area contributed by atoms with E-state index in [1.807, 2.05) is 19.0 Å². The number of nitrogens with one attached hydrogen (secondary N) is 1. The van der Waals surface area contributed by atoms with Crippen molar-refractivity contribution in [2.45, 2.75) is 12.8 Å². The van der Waals surface area contributed by atoms with Gasteiger partial charge in [0.2, 0.25) is 11.9 Å². The fraction of sp³-hybridized carbons (Fsp3) is 0.750. The Hall–Kier alpha value is -1.63. The zero-order valence-electron chi connectivity index (χ0n) is 11.9. The van der Waals surface area contributed by atoms with Crippen LogP contribution in [-0.2, 0) is 0 Å². The third-order valence-corrected chi connectivity index (χ3v) is 3.06. The summed E-state index contributed by atoms with van der Waals surface area (Å²) in [4.78, 5) is 16.9. The largest absolute Gasteiger partial charge is 0.462 e. The Labute approximate surface area is 114 Å². The lowest BCUT2D eigenvalue weighted by Crippen LogP contribution is -2.25. The molecule has 1 saturated heterocycles. The maximum Gasteiger partial charge on any atom is 0.323 e. The maximum absolute atomic E-state index is 5.63. The van der Waals surface area contributed by atoms with Gasteiger partial charge in [-0.05, 0) is 25.9 Å². The van der Waals surface area contributed by atoms with Crippen LogP contribution in [0, 0.1) is 0 Å². The quantitative estimate of drug-likeness (QED) is 0.802. The topological polar surface area (TPSA) is 66.4 Å². The number of anilines is 2. The summed E-state index contributed by atoms with van der Waals surface area (Å²) in [6.07, 6.45) is 2.58. The number of ether oxygens (including phenoxy) is 1. The van der Waals surface area contributed by atoms with Gasteiger partial charge in [0, 0.05) is 27.7 Å². The van der Waals surface area contributed by atoms with Gasteiger partial charge in [-0.25, -0.2) is 0 Å². The number of aromatic nitrogens is 3. The molecule has 19 heavy (non-hydrogen) atoms. The molecule has 2 heterocycles. The minimum Gasteiger partial charge on any atom is -0.462 e. The first-order valence-electron chi connectivity index (χ1n) is 6.65. The van der Waals surface area contributed by atoms with Gasteiger partial charge < -0.3 is 15.0 Å². The summed E-state index contributed by atoms with van der Waals surface area (Å²) in [5, 5.41) is 2.91. The van der Waals surface area contributed by atoms with Crippen LogP contribution in [0.5, 0.6) is 6.01 Å². The second-order valence-corrected chi connectivity index (χ2v) is 4.78. The first-order valence-corrected chi connectivity index (χ1v) is 6.65. The summed E-state index contributed by atoms with van der Waals surface area (Å²) in [5.74, 6) is 1.12. The number of likely N-dealkylation sites (tertiary alicyclic amines) is 1. The molecule has 0 amide bonds. The summed E-state index contributed by atoms with van der Waals surface area (Å²) >= 11 is 0. The number of nitrogens with zero attached hydrogens (tertiary/aromatic N) is 5. The molecule has 1 N–H and O–H groups in total. The molecule has 0 bridgehead atoms. The van der Waals surface area contributed by atoms with Gasteiger partial charge in [-0.15, -0.1) is 0 Å². The minimum atomic E-state index is 0.377. The van der Waals surface area contributed by atoms with Gasteiger partial charge in [-0.2, -0.15) is 15.0 Å². The number of hydrogen-bond acceptors (Lipinski definition) is 7. The lowest BCUT2D eigenvalue weighted by molar-refractivity contribution is 0.225. The first-order chi connectivity index (χ1) is 9.19. The average Bonchev–Trinajstić information content (AvgIpc) is 2.91. The Balaban J connectivity index is 1.92. The Morgan fingerprint density at radius 1 is 1.21 bits per heavy atom. The monoisotopic (exact) mass is 266 g/mol. The molecular formula is C12H22N6O. The highest BCUT2D eigenvalue weighted by Crippen LogP contribution is 2.13. The standard InChI is InChI=1S/C12H22N6O/c1-13-10-14-11(17(2)3)16-12(15-10)19-9-8-18-6-4-5-7-18/h4-9H2,1-3H3,(H,13,14,15,16). The molecule has 106 valence electrons. The van der Waals surface area contributed by atoms with E-state index in [9.17, 15) is 0 Å². The summed E-state index contributed by atoms with van der Waals surface area (Å²) in [6, 6.07) is 0.377. The van der Waals surface area contributed by atoms with Crippen LogP contribution < -0.4 is 15.0 Å². The molecule has 1 aliphatic rings. The molecule has 0 radical (unpaired) electrons. The molecule has 7 nitrogen and oxygen atoms in total. The molecule has 1 aromatic rings. The normalized spacial score (nSPS) is 15.5. The van der Waals surface area contributed by atoms with E-state index in [-0.39, 0.29) is 0 Å². The van der Waals surface area contributed by atoms with E-state index in [0.29, 0.717) is 24.5 Å². The first kappa shape index (κ1) is 13.8. The summed E-state index contributed by atoms with van der Waals surface area (Å²) in [7, 11) is 5.56. The van der Waals surface area contributed by atoms with Crippen molar-refractivity contribution in [3.8, 4) is 6.01 Å². The summed E-state index contributed by atoms with van der Waals surface area (Å²) < 4.78 is 5.63. The van der Waals surface area contributed by atoms with Crippen LogP contribution in [0.25, 0.3) is 0 Å². The van der Waals surface area contributed by atoms with Gasteiger partial charge in [0.1, 0.15) is 6.61 Å². The summed E-state index contributed by atoms with van der Waals surface area (Å²) in [5.41, 5.74) is 0. The van der Waals surface area contributed by atoms with Crippen molar-refractivity contribution in [3.05, 3.63) is 0 Å². The third kappa shape index (κ3) is 3.92. The van der Waals surface area contributed by atoms with Gasteiger partial charge in [0.15, 0.2) is 0 Å². The van der Waals surface area contributed by atoms with Crippen LogP contribution in [0.4, 0.5) is 11.9 Å². The fourth-order valence-electron chi connectivity index (χ4n) is 1.99. The van der Waals surface area contributed by atoms with E-state index in [2.05, 4.69) is 25.2 Å². The molecule has 1 aromatic heterocycles. The van der Waals surface area contributed by atoms with Crippen LogP contribution in [0.3, 0.4) is 0 Å². The fourth-order valence-corrected chi connectivity index (χ4v) is 1.99. The second-order valence-electron chi connectivity index (χ2n) is 4.78. The highest BCUT2D eigenvalue weighted by atomic mass is 16.5. The highest BCUT2D eigenvalue weighted by Gasteiger charge is 2.12. The lowest BCUT2D eigenvalue weighted by atomic mass is 10.4. The number of rotatable bonds is 6. The molecule has 1 aliphatic heterocycles. The lowest BCUT2D eigenvalue weighted by Gasteiger charge is -2.15. The molecule has 0 saturated carbocycles. The molecule has 0 unspecified atom stereocenters. The average molecular weight is 266 g/mol. The van der Waals surface area contributed by atoms with Crippen LogP contribution in [0.2, 0.25) is 0 Å². The third-order valence-electron chi connectivity index (χ3n) is 3.06. The van der Waals surface area contributed by atoms with Crippen molar-refractivity contribution in [1.29, 1.82) is 0 Å². The van der Waals surface area contributed by atoms with Gasteiger partial charge in [0.05, 0.1) is 0 Å². The molecule has 0 atom stereocenters. The molecule has 2 rings (SSSR count). The van der Waals surface area contributed by atoms with Crippen LogP contribution in [0.15, 0.2) is 0 Å². The van der Waals surface area contributed by atoms with E-state index < -0.39 is 0 Å².